The van der Waals surface area contributed by atoms with Gasteiger partial charge in [0.1, 0.15) is 11.5 Å². The van der Waals surface area contributed by atoms with Crippen LogP contribution < -0.4 is 5.82 Å². The van der Waals surface area contributed by atoms with Crippen molar-refractivity contribution in [3.8, 4) is 0 Å². The molecule has 0 bridgehead atoms. The highest BCUT2D eigenvalue weighted by Gasteiger charge is 2.03. The third-order valence-electron chi connectivity index (χ3n) is 1.02. The maximum Gasteiger partial charge on any atom is 0.518 e. The van der Waals surface area contributed by atoms with Crippen molar-refractivity contribution < 1.29 is 8.83 Å². The summed E-state index contributed by atoms with van der Waals surface area (Å²) < 4.78 is 9.02. The molecule has 0 aliphatic heterocycles. The van der Waals surface area contributed by atoms with Gasteiger partial charge in [0.2, 0.25) is 0 Å². The van der Waals surface area contributed by atoms with Crippen molar-refractivity contribution in [2.24, 2.45) is 0 Å². The van der Waals surface area contributed by atoms with Crippen LogP contribution in [0.5, 0.6) is 0 Å². The molecule has 0 N–H and O–H groups in total. The first-order valence-electron chi connectivity index (χ1n) is 2.53. The molecule has 0 aliphatic carbocycles. The van der Waals surface area contributed by atoms with E-state index in [1.807, 2.05) is 0 Å². The Kier molecular flexibility index (Phi) is 1.47. The van der Waals surface area contributed by atoms with Crippen molar-refractivity contribution >= 4 is 7.85 Å². The monoisotopic (exact) mass is 124 g/mol. The quantitative estimate of drug-likeness (QED) is 0.502. The summed E-state index contributed by atoms with van der Waals surface area (Å²) in [6.07, 6.45) is 0.206. The average Bonchev–Trinajstić information content (AvgIpc) is 2.10. The van der Waals surface area contributed by atoms with Gasteiger partial charge in [-0.15, -0.1) is 0 Å². The second kappa shape index (κ2) is 2.13. The first kappa shape index (κ1) is 6.20. The van der Waals surface area contributed by atoms with E-state index in [4.69, 9.17) is 7.85 Å². The molecule has 4 heteroatoms. The average molecular weight is 124 g/mol. The van der Waals surface area contributed by atoms with Crippen LogP contribution in [-0.4, -0.2) is 7.85 Å². The number of aryl methyl sites for hydroxylation is 1. The Morgan fingerprint density at radius 3 is 2.44 bits per heavy atom. The van der Waals surface area contributed by atoms with Gasteiger partial charge in [0.05, 0.1) is 7.85 Å². The molecule has 9 heavy (non-hydrogen) atoms. The van der Waals surface area contributed by atoms with Crippen LogP contribution in [0.1, 0.15) is 11.5 Å². The van der Waals surface area contributed by atoms with Gasteiger partial charge >= 0.3 is 5.82 Å². The van der Waals surface area contributed by atoms with Crippen LogP contribution in [0.25, 0.3) is 0 Å². The van der Waals surface area contributed by atoms with Crippen molar-refractivity contribution in [2.45, 2.75) is 13.2 Å². The van der Waals surface area contributed by atoms with Gasteiger partial charge in [0.25, 0.3) is 0 Å². The minimum absolute atomic E-state index is 0.206. The van der Waals surface area contributed by atoms with Crippen LogP contribution in [0.4, 0.5) is 0 Å². The lowest BCUT2D eigenvalue weighted by molar-refractivity contribution is 0.372. The van der Waals surface area contributed by atoms with Crippen molar-refractivity contribution in [1.29, 1.82) is 0 Å². The minimum Gasteiger partial charge on any atom is -0.396 e. The topological polar surface area (TPSA) is 43.4 Å². The Bertz CT molecular complexity index is 247. The smallest absolute Gasteiger partial charge is 0.396 e. The number of hydrogen-bond donors (Lipinski definition) is 0. The molecule has 3 nitrogen and oxygen atoms in total. The summed E-state index contributed by atoms with van der Waals surface area (Å²) in [6, 6.07) is 0. The maximum atomic E-state index is 10.3. The lowest BCUT2D eigenvalue weighted by Gasteiger charge is -1.82. The van der Waals surface area contributed by atoms with Gasteiger partial charge in [0, 0.05) is 0 Å². The lowest BCUT2D eigenvalue weighted by atomic mass is 10.0. The molecule has 0 aromatic carbocycles. The van der Waals surface area contributed by atoms with Crippen molar-refractivity contribution in [2.75, 3.05) is 0 Å². The molecular formula is C5H5BO3. The molecular weight excluding hydrogens is 119 g/mol. The molecule has 0 spiro atoms. The second-order valence-corrected chi connectivity index (χ2v) is 1.64. The molecule has 46 valence electrons. The van der Waals surface area contributed by atoms with Crippen LogP contribution in [0.15, 0.2) is 13.6 Å². The fourth-order valence-electron chi connectivity index (χ4n) is 0.561. The molecule has 0 fully saturated rings. The van der Waals surface area contributed by atoms with Crippen LogP contribution in [0, 0.1) is 6.92 Å². The molecule has 1 aromatic heterocycles. The van der Waals surface area contributed by atoms with Crippen LogP contribution >= 0.6 is 0 Å². The summed E-state index contributed by atoms with van der Waals surface area (Å²) in [5.41, 5.74) is 0. The van der Waals surface area contributed by atoms with Gasteiger partial charge in [-0.1, -0.05) is 0 Å². The number of rotatable bonds is 1. The zero-order valence-corrected chi connectivity index (χ0v) is 5.01. The molecule has 1 heterocycles. The normalized spacial score (nSPS) is 9.89. The van der Waals surface area contributed by atoms with Crippen LogP contribution in [-0.2, 0) is 6.32 Å². The molecule has 0 amide bonds. The predicted molar refractivity (Wildman–Crippen MR) is 31.4 cm³/mol. The Labute approximate surface area is 53.1 Å². The first-order chi connectivity index (χ1) is 4.24. The molecule has 0 aliphatic rings. The lowest BCUT2D eigenvalue weighted by Crippen LogP contribution is -1.86. The molecule has 0 atom stereocenters. The van der Waals surface area contributed by atoms with E-state index in [-0.39, 0.29) is 6.32 Å². The summed E-state index contributed by atoms with van der Waals surface area (Å²) in [7, 11) is 5.17. The van der Waals surface area contributed by atoms with Gasteiger partial charge in [-0.2, -0.15) is 0 Å². The van der Waals surface area contributed by atoms with E-state index in [0.717, 1.165) is 0 Å². The minimum atomic E-state index is -0.687. The molecule has 0 unspecified atom stereocenters. The zero-order chi connectivity index (χ0) is 6.85. The van der Waals surface area contributed by atoms with Crippen molar-refractivity contribution in [3.05, 3.63) is 22.1 Å². The number of hydrogen-bond acceptors (Lipinski definition) is 3. The maximum absolute atomic E-state index is 10.3. The SMILES string of the molecule is [B]Cc1oc(=O)oc1C. The van der Waals surface area contributed by atoms with E-state index < -0.39 is 5.82 Å². The molecule has 1 rings (SSSR count). The van der Waals surface area contributed by atoms with E-state index in [1.165, 1.54) is 0 Å². The summed E-state index contributed by atoms with van der Waals surface area (Å²) >= 11 is 0. The zero-order valence-electron chi connectivity index (χ0n) is 5.01. The highest BCUT2D eigenvalue weighted by molar-refractivity contribution is 6.08. The van der Waals surface area contributed by atoms with E-state index in [0.29, 0.717) is 11.5 Å². The van der Waals surface area contributed by atoms with Crippen LogP contribution in [0.2, 0.25) is 0 Å². The van der Waals surface area contributed by atoms with E-state index >= 15 is 0 Å². The highest BCUT2D eigenvalue weighted by Crippen LogP contribution is 2.02. The fraction of sp³-hybridized carbons (Fsp3) is 0.400. The standard InChI is InChI=1S/C5H5BO3/c1-3-4(2-6)9-5(7)8-3/h2H2,1H3. The van der Waals surface area contributed by atoms with Crippen LogP contribution in [0.3, 0.4) is 0 Å². The van der Waals surface area contributed by atoms with Crippen molar-refractivity contribution in [1.82, 2.24) is 0 Å². The fourth-order valence-corrected chi connectivity index (χ4v) is 0.561. The first-order valence-corrected chi connectivity index (χ1v) is 2.53. The Hall–Kier alpha value is -0.925. The third kappa shape index (κ3) is 1.07. The summed E-state index contributed by atoms with van der Waals surface area (Å²) in [6.45, 7) is 1.63. The molecule has 0 saturated carbocycles. The van der Waals surface area contributed by atoms with Gasteiger partial charge < -0.3 is 8.83 Å². The van der Waals surface area contributed by atoms with Gasteiger partial charge in [-0.3, -0.25) is 0 Å². The summed E-state index contributed by atoms with van der Waals surface area (Å²) in [5, 5.41) is 0. The van der Waals surface area contributed by atoms with Gasteiger partial charge in [-0.05, 0) is 13.2 Å². The Morgan fingerprint density at radius 1 is 1.56 bits per heavy atom. The van der Waals surface area contributed by atoms with Gasteiger partial charge in [-0.25, -0.2) is 4.79 Å². The summed E-state index contributed by atoms with van der Waals surface area (Å²) in [4.78, 5) is 10.3. The molecule has 1 aromatic rings. The highest BCUT2D eigenvalue weighted by atomic mass is 16.6. The van der Waals surface area contributed by atoms with E-state index in [9.17, 15) is 4.79 Å². The molecule has 0 saturated heterocycles. The third-order valence-corrected chi connectivity index (χ3v) is 1.02. The Balaban J connectivity index is 3.16. The largest absolute Gasteiger partial charge is 0.518 e. The summed E-state index contributed by atoms with van der Waals surface area (Å²) in [5.74, 6) is 0.190. The van der Waals surface area contributed by atoms with E-state index in [1.54, 1.807) is 6.92 Å². The van der Waals surface area contributed by atoms with Crippen molar-refractivity contribution in [3.63, 3.8) is 0 Å². The second-order valence-electron chi connectivity index (χ2n) is 1.64. The predicted octanol–water partition coefficient (Wildman–Crippen LogP) is 0.210. The molecule has 2 radical (unpaired) electrons. The van der Waals surface area contributed by atoms with Gasteiger partial charge in [0.15, 0.2) is 0 Å². The van der Waals surface area contributed by atoms with E-state index in [2.05, 4.69) is 8.83 Å². The Morgan fingerprint density at radius 2 is 2.22 bits per heavy atom.